The molecule has 2 N–H and O–H groups in total. The summed E-state index contributed by atoms with van der Waals surface area (Å²) >= 11 is 0. The molecule has 0 aromatic carbocycles. The van der Waals surface area contributed by atoms with Gasteiger partial charge in [0.25, 0.3) is 0 Å². The van der Waals surface area contributed by atoms with Crippen LogP contribution >= 0.6 is 0 Å². The molecule has 0 aromatic heterocycles. The second-order valence-electron chi connectivity index (χ2n) is 5.16. The Morgan fingerprint density at radius 2 is 1.85 bits per heavy atom. The first-order valence-corrected chi connectivity index (χ1v) is 6.89. The molecule has 0 rings (SSSR count). The standard InChI is InChI=1S/C14H25NO5/c1-5-10(16)6-7-11(14(19)20-4)15-13(18)12(17)8-9(2)3/h9,11-12,17H,5-8H2,1-4H3,(H,15,18)/t11-,12-/m1/s1. The Kier molecular flexibility index (Phi) is 8.79. The highest BCUT2D eigenvalue weighted by molar-refractivity contribution is 5.87. The molecule has 20 heavy (non-hydrogen) atoms. The van der Waals surface area contributed by atoms with Gasteiger partial charge < -0.3 is 15.2 Å². The molecule has 0 unspecified atom stereocenters. The van der Waals surface area contributed by atoms with Crippen molar-refractivity contribution in [1.82, 2.24) is 5.32 Å². The molecule has 0 saturated carbocycles. The van der Waals surface area contributed by atoms with E-state index in [-0.39, 0.29) is 24.5 Å². The number of amides is 1. The van der Waals surface area contributed by atoms with Crippen LogP contribution in [0.4, 0.5) is 0 Å². The summed E-state index contributed by atoms with van der Waals surface area (Å²) in [6.07, 6.45) is -0.0918. The molecule has 0 radical (unpaired) electrons. The maximum Gasteiger partial charge on any atom is 0.328 e. The summed E-state index contributed by atoms with van der Waals surface area (Å²) in [4.78, 5) is 34.6. The molecule has 0 aromatic rings. The summed E-state index contributed by atoms with van der Waals surface area (Å²) in [7, 11) is 1.22. The van der Waals surface area contributed by atoms with Gasteiger partial charge in [0, 0.05) is 12.8 Å². The van der Waals surface area contributed by atoms with Crippen molar-refractivity contribution in [2.45, 2.75) is 58.6 Å². The third-order valence-electron chi connectivity index (χ3n) is 2.91. The zero-order chi connectivity index (χ0) is 15.7. The van der Waals surface area contributed by atoms with Crippen LogP contribution in [0.25, 0.3) is 0 Å². The number of ether oxygens (including phenoxy) is 1. The summed E-state index contributed by atoms with van der Waals surface area (Å²) < 4.78 is 4.59. The van der Waals surface area contributed by atoms with Crippen molar-refractivity contribution in [2.24, 2.45) is 5.92 Å². The zero-order valence-corrected chi connectivity index (χ0v) is 12.6. The quantitative estimate of drug-likeness (QED) is 0.612. The summed E-state index contributed by atoms with van der Waals surface area (Å²) in [6.45, 7) is 5.50. The lowest BCUT2D eigenvalue weighted by Gasteiger charge is -2.19. The summed E-state index contributed by atoms with van der Waals surface area (Å²) in [5.74, 6) is -1.05. The number of nitrogens with one attached hydrogen (secondary N) is 1. The average Bonchev–Trinajstić information content (AvgIpc) is 2.40. The van der Waals surface area contributed by atoms with Gasteiger partial charge >= 0.3 is 5.97 Å². The Labute approximate surface area is 119 Å². The fourth-order valence-corrected chi connectivity index (χ4v) is 1.69. The van der Waals surface area contributed by atoms with Gasteiger partial charge in [-0.15, -0.1) is 0 Å². The molecule has 0 heterocycles. The number of hydrogen-bond acceptors (Lipinski definition) is 5. The first kappa shape index (κ1) is 18.6. The molecule has 0 spiro atoms. The number of methoxy groups -OCH3 is 1. The van der Waals surface area contributed by atoms with Gasteiger partial charge in [0.1, 0.15) is 17.9 Å². The van der Waals surface area contributed by atoms with E-state index in [1.165, 1.54) is 7.11 Å². The van der Waals surface area contributed by atoms with Crippen molar-refractivity contribution < 1.29 is 24.2 Å². The van der Waals surface area contributed by atoms with Crippen LogP contribution in [-0.2, 0) is 19.1 Å². The highest BCUT2D eigenvalue weighted by atomic mass is 16.5. The van der Waals surface area contributed by atoms with Crippen LogP contribution in [0.5, 0.6) is 0 Å². The molecule has 6 heteroatoms. The lowest BCUT2D eigenvalue weighted by atomic mass is 10.0. The topological polar surface area (TPSA) is 92.7 Å². The Morgan fingerprint density at radius 3 is 2.30 bits per heavy atom. The lowest BCUT2D eigenvalue weighted by molar-refractivity contribution is -0.146. The predicted octanol–water partition coefficient (Wildman–Crippen LogP) is 0.810. The van der Waals surface area contributed by atoms with Crippen molar-refractivity contribution in [1.29, 1.82) is 0 Å². The van der Waals surface area contributed by atoms with Crippen LogP contribution in [0.2, 0.25) is 0 Å². The van der Waals surface area contributed by atoms with Crippen molar-refractivity contribution in [2.75, 3.05) is 7.11 Å². The molecule has 6 nitrogen and oxygen atoms in total. The Morgan fingerprint density at radius 1 is 1.25 bits per heavy atom. The molecule has 2 atom stereocenters. The average molecular weight is 287 g/mol. The summed E-state index contributed by atoms with van der Waals surface area (Å²) in [5.41, 5.74) is 0. The van der Waals surface area contributed by atoms with Gasteiger partial charge in [0.2, 0.25) is 5.91 Å². The molecular weight excluding hydrogens is 262 g/mol. The first-order valence-electron chi connectivity index (χ1n) is 6.89. The smallest absolute Gasteiger partial charge is 0.328 e. The second kappa shape index (κ2) is 9.47. The molecule has 0 bridgehead atoms. The van der Waals surface area contributed by atoms with Gasteiger partial charge in [-0.25, -0.2) is 4.79 Å². The number of carbonyl (C=O) groups is 3. The monoisotopic (exact) mass is 287 g/mol. The minimum Gasteiger partial charge on any atom is -0.467 e. The first-order chi connectivity index (χ1) is 9.31. The molecule has 1 amide bonds. The van der Waals surface area contributed by atoms with E-state index in [2.05, 4.69) is 10.1 Å². The molecule has 0 fully saturated rings. The van der Waals surface area contributed by atoms with Crippen LogP contribution < -0.4 is 5.32 Å². The fraction of sp³-hybridized carbons (Fsp3) is 0.786. The molecule has 0 aliphatic heterocycles. The molecule has 0 aliphatic rings. The van der Waals surface area contributed by atoms with Crippen molar-refractivity contribution in [3.8, 4) is 0 Å². The minimum atomic E-state index is -1.16. The Balaban J connectivity index is 4.52. The van der Waals surface area contributed by atoms with E-state index in [0.717, 1.165) is 0 Å². The molecule has 116 valence electrons. The van der Waals surface area contributed by atoms with E-state index in [1.54, 1.807) is 6.92 Å². The maximum absolute atomic E-state index is 11.8. The van der Waals surface area contributed by atoms with E-state index >= 15 is 0 Å². The number of esters is 1. The number of rotatable bonds is 9. The van der Waals surface area contributed by atoms with Crippen molar-refractivity contribution in [3.63, 3.8) is 0 Å². The molecular formula is C14H25NO5. The lowest BCUT2D eigenvalue weighted by Crippen LogP contribution is -2.46. The van der Waals surface area contributed by atoms with Gasteiger partial charge in [-0.05, 0) is 18.8 Å². The van der Waals surface area contributed by atoms with Gasteiger partial charge in [0.15, 0.2) is 0 Å². The Bertz CT molecular complexity index is 340. The van der Waals surface area contributed by atoms with Gasteiger partial charge in [-0.2, -0.15) is 0 Å². The number of carbonyl (C=O) groups excluding carboxylic acids is 3. The summed E-state index contributed by atoms with van der Waals surface area (Å²) in [6, 6.07) is -0.898. The maximum atomic E-state index is 11.8. The normalized spacial score (nSPS) is 13.7. The SMILES string of the molecule is CCC(=O)CC[C@@H](NC(=O)[C@H](O)CC(C)C)C(=O)OC. The van der Waals surface area contributed by atoms with Crippen LogP contribution in [0.3, 0.4) is 0 Å². The van der Waals surface area contributed by atoms with E-state index in [1.807, 2.05) is 13.8 Å². The third-order valence-corrected chi connectivity index (χ3v) is 2.91. The predicted molar refractivity (Wildman–Crippen MR) is 73.9 cm³/mol. The Hall–Kier alpha value is -1.43. The number of hydrogen-bond donors (Lipinski definition) is 2. The molecule has 0 saturated heterocycles. The van der Waals surface area contributed by atoms with E-state index in [4.69, 9.17) is 0 Å². The fourth-order valence-electron chi connectivity index (χ4n) is 1.69. The van der Waals surface area contributed by atoms with Crippen molar-refractivity contribution in [3.05, 3.63) is 0 Å². The second-order valence-corrected chi connectivity index (χ2v) is 5.16. The minimum absolute atomic E-state index is 0.0101. The van der Waals surface area contributed by atoms with Gasteiger partial charge in [-0.3, -0.25) is 9.59 Å². The highest BCUT2D eigenvalue weighted by Gasteiger charge is 2.25. The van der Waals surface area contributed by atoms with Crippen molar-refractivity contribution >= 4 is 17.7 Å². The van der Waals surface area contributed by atoms with Crippen LogP contribution in [0.15, 0.2) is 0 Å². The van der Waals surface area contributed by atoms with Crippen LogP contribution in [-0.4, -0.2) is 42.0 Å². The van der Waals surface area contributed by atoms with E-state index in [0.29, 0.717) is 12.8 Å². The highest BCUT2D eigenvalue weighted by Crippen LogP contribution is 2.07. The summed E-state index contributed by atoms with van der Waals surface area (Å²) in [5, 5.41) is 12.1. The number of aliphatic hydroxyl groups excluding tert-OH is 1. The zero-order valence-electron chi connectivity index (χ0n) is 12.6. The van der Waals surface area contributed by atoms with Crippen LogP contribution in [0, 0.1) is 5.92 Å². The number of Topliss-reactive ketones (excluding diaryl/α,β-unsaturated/α-hetero) is 1. The number of aliphatic hydroxyl groups is 1. The van der Waals surface area contributed by atoms with Gasteiger partial charge in [0.05, 0.1) is 7.11 Å². The largest absolute Gasteiger partial charge is 0.467 e. The number of ketones is 1. The molecule has 0 aliphatic carbocycles. The van der Waals surface area contributed by atoms with Crippen LogP contribution in [0.1, 0.15) is 46.5 Å². The van der Waals surface area contributed by atoms with E-state index in [9.17, 15) is 19.5 Å². The third kappa shape index (κ3) is 7.23. The van der Waals surface area contributed by atoms with E-state index < -0.39 is 24.0 Å². The van der Waals surface area contributed by atoms with Gasteiger partial charge in [-0.1, -0.05) is 20.8 Å².